The first-order chi connectivity index (χ1) is 11.7. The van der Waals surface area contributed by atoms with Gasteiger partial charge in [0.1, 0.15) is 0 Å². The predicted octanol–water partition coefficient (Wildman–Crippen LogP) is 5.71. The van der Waals surface area contributed by atoms with Gasteiger partial charge in [0.15, 0.2) is 11.5 Å². The van der Waals surface area contributed by atoms with Crippen LogP contribution in [0.1, 0.15) is 0 Å². The second-order valence-electron chi connectivity index (χ2n) is 6.17. The van der Waals surface area contributed by atoms with Crippen LogP contribution < -0.4 is 0 Å². The summed E-state index contributed by atoms with van der Waals surface area (Å²) >= 11 is 0. The van der Waals surface area contributed by atoms with E-state index in [1.54, 1.807) is 12.1 Å². The lowest BCUT2D eigenvalue weighted by molar-refractivity contribution is 0.405. The van der Waals surface area contributed by atoms with Gasteiger partial charge in [0.05, 0.1) is 0 Å². The summed E-state index contributed by atoms with van der Waals surface area (Å²) in [7, 11) is 0. The van der Waals surface area contributed by atoms with E-state index >= 15 is 0 Å². The zero-order chi connectivity index (χ0) is 16.3. The first-order valence-electron chi connectivity index (χ1n) is 7.91. The largest absolute Gasteiger partial charge is 0.504 e. The molecule has 0 aromatic heterocycles. The minimum Gasteiger partial charge on any atom is -0.504 e. The molecule has 0 aliphatic carbocycles. The van der Waals surface area contributed by atoms with E-state index in [4.69, 9.17) is 0 Å². The smallest absolute Gasteiger partial charge is 0.158 e. The van der Waals surface area contributed by atoms with E-state index in [0.717, 1.165) is 21.5 Å². The van der Waals surface area contributed by atoms with Gasteiger partial charge in [0.25, 0.3) is 0 Å². The maximum atomic E-state index is 9.88. The molecule has 5 aromatic carbocycles. The number of phenolic OH excluding ortho intramolecular Hbond substituents is 2. The second-order valence-corrected chi connectivity index (χ2v) is 6.17. The summed E-state index contributed by atoms with van der Waals surface area (Å²) < 4.78 is 0. The summed E-state index contributed by atoms with van der Waals surface area (Å²) in [6.45, 7) is 0. The quantitative estimate of drug-likeness (QED) is 0.284. The van der Waals surface area contributed by atoms with E-state index in [2.05, 4.69) is 54.6 Å². The minimum atomic E-state index is -0.0893. The standard InChI is InChI=1S/C22H14O2/c23-21-11-14-6-8-18-17-7-5-13-3-1-2-4-15(13)16(17)9-10-19(18)20(14)12-22(21)24/h1-12,23-24H. The summed E-state index contributed by atoms with van der Waals surface area (Å²) in [5, 5.41) is 28.6. The number of rotatable bonds is 0. The van der Waals surface area contributed by atoms with Gasteiger partial charge in [-0.05, 0) is 55.2 Å². The van der Waals surface area contributed by atoms with Gasteiger partial charge in [-0.2, -0.15) is 0 Å². The molecule has 0 saturated carbocycles. The van der Waals surface area contributed by atoms with Crippen LogP contribution in [0.5, 0.6) is 11.5 Å². The third-order valence-corrected chi connectivity index (χ3v) is 4.83. The molecule has 0 spiro atoms. The van der Waals surface area contributed by atoms with Crippen molar-refractivity contribution >= 4 is 43.1 Å². The SMILES string of the molecule is Oc1cc2ccc3c(ccc4c5ccccc5ccc43)c2cc1O. The first kappa shape index (κ1) is 13.2. The predicted molar refractivity (Wildman–Crippen MR) is 99.8 cm³/mol. The number of hydrogen-bond acceptors (Lipinski definition) is 2. The Morgan fingerprint density at radius 2 is 0.958 bits per heavy atom. The van der Waals surface area contributed by atoms with Gasteiger partial charge >= 0.3 is 0 Å². The Morgan fingerprint density at radius 1 is 0.417 bits per heavy atom. The molecule has 2 heteroatoms. The average Bonchev–Trinajstić information content (AvgIpc) is 2.62. The molecular weight excluding hydrogens is 296 g/mol. The van der Waals surface area contributed by atoms with Crippen molar-refractivity contribution in [1.82, 2.24) is 0 Å². The Hall–Kier alpha value is -3.26. The number of phenols is 2. The summed E-state index contributed by atoms with van der Waals surface area (Å²) in [6.07, 6.45) is 0. The Kier molecular flexibility index (Phi) is 2.54. The summed E-state index contributed by atoms with van der Waals surface area (Å²) in [5.41, 5.74) is 0. The van der Waals surface area contributed by atoms with Crippen LogP contribution in [0.15, 0.2) is 72.8 Å². The molecule has 5 rings (SSSR count). The van der Waals surface area contributed by atoms with Gasteiger partial charge in [0, 0.05) is 0 Å². The van der Waals surface area contributed by atoms with Gasteiger partial charge in [-0.3, -0.25) is 0 Å². The van der Waals surface area contributed by atoms with Crippen LogP contribution in [0.4, 0.5) is 0 Å². The van der Waals surface area contributed by atoms with Gasteiger partial charge in [0.2, 0.25) is 0 Å². The molecule has 2 N–H and O–H groups in total. The van der Waals surface area contributed by atoms with Crippen LogP contribution >= 0.6 is 0 Å². The van der Waals surface area contributed by atoms with Crippen molar-refractivity contribution in [2.75, 3.05) is 0 Å². The zero-order valence-electron chi connectivity index (χ0n) is 12.8. The van der Waals surface area contributed by atoms with E-state index in [9.17, 15) is 10.2 Å². The number of hydrogen-bond donors (Lipinski definition) is 2. The lowest BCUT2D eigenvalue weighted by atomic mass is 9.94. The number of fused-ring (bicyclic) bond motifs is 7. The third kappa shape index (κ3) is 1.71. The molecule has 114 valence electrons. The highest BCUT2D eigenvalue weighted by molar-refractivity contribution is 6.22. The molecule has 0 amide bonds. The lowest BCUT2D eigenvalue weighted by Gasteiger charge is -2.10. The highest BCUT2D eigenvalue weighted by Crippen LogP contribution is 2.38. The van der Waals surface area contributed by atoms with Gasteiger partial charge in [-0.25, -0.2) is 0 Å². The molecule has 0 radical (unpaired) electrons. The summed E-state index contributed by atoms with van der Waals surface area (Å²) in [6, 6.07) is 24.3. The highest BCUT2D eigenvalue weighted by atomic mass is 16.3. The van der Waals surface area contributed by atoms with Gasteiger partial charge < -0.3 is 10.2 Å². The molecule has 5 aromatic rings. The average molecular weight is 310 g/mol. The second kappa shape index (κ2) is 4.62. The van der Waals surface area contributed by atoms with Crippen molar-refractivity contribution in [2.45, 2.75) is 0 Å². The molecule has 0 fully saturated rings. The maximum Gasteiger partial charge on any atom is 0.158 e. The van der Waals surface area contributed by atoms with E-state index in [1.807, 2.05) is 6.07 Å². The number of benzene rings is 5. The van der Waals surface area contributed by atoms with Crippen LogP contribution in [0.2, 0.25) is 0 Å². The topological polar surface area (TPSA) is 40.5 Å². The first-order valence-corrected chi connectivity index (χ1v) is 7.91. The van der Waals surface area contributed by atoms with Gasteiger partial charge in [-0.15, -0.1) is 0 Å². The molecule has 0 aliphatic heterocycles. The maximum absolute atomic E-state index is 9.88. The fourth-order valence-corrected chi connectivity index (χ4v) is 3.66. The summed E-state index contributed by atoms with van der Waals surface area (Å²) in [4.78, 5) is 0. The molecule has 2 nitrogen and oxygen atoms in total. The van der Waals surface area contributed by atoms with Crippen molar-refractivity contribution in [3.05, 3.63) is 72.8 Å². The molecule has 24 heavy (non-hydrogen) atoms. The Labute approximate surface area is 138 Å². The minimum absolute atomic E-state index is 0.0892. The fraction of sp³-hybridized carbons (Fsp3) is 0. The van der Waals surface area contributed by atoms with Crippen molar-refractivity contribution < 1.29 is 10.2 Å². The van der Waals surface area contributed by atoms with E-state index < -0.39 is 0 Å². The van der Waals surface area contributed by atoms with E-state index in [0.29, 0.717) is 0 Å². The van der Waals surface area contributed by atoms with E-state index in [1.165, 1.54) is 21.5 Å². The van der Waals surface area contributed by atoms with Crippen molar-refractivity contribution in [3.63, 3.8) is 0 Å². The molecule has 0 saturated heterocycles. The molecule has 0 heterocycles. The Morgan fingerprint density at radius 3 is 1.75 bits per heavy atom. The van der Waals surface area contributed by atoms with Crippen LogP contribution in [-0.2, 0) is 0 Å². The third-order valence-electron chi connectivity index (χ3n) is 4.83. The molecule has 0 bridgehead atoms. The molecule has 0 unspecified atom stereocenters. The fourth-order valence-electron chi connectivity index (χ4n) is 3.66. The zero-order valence-corrected chi connectivity index (χ0v) is 12.8. The van der Waals surface area contributed by atoms with Crippen molar-refractivity contribution in [3.8, 4) is 11.5 Å². The highest BCUT2D eigenvalue weighted by Gasteiger charge is 2.09. The van der Waals surface area contributed by atoms with Crippen LogP contribution in [-0.4, -0.2) is 10.2 Å². The number of aromatic hydroxyl groups is 2. The monoisotopic (exact) mass is 310 g/mol. The van der Waals surface area contributed by atoms with Crippen LogP contribution in [0.3, 0.4) is 0 Å². The normalized spacial score (nSPS) is 11.7. The van der Waals surface area contributed by atoms with Gasteiger partial charge in [-0.1, -0.05) is 60.7 Å². The van der Waals surface area contributed by atoms with Crippen LogP contribution in [0, 0.1) is 0 Å². The van der Waals surface area contributed by atoms with E-state index in [-0.39, 0.29) is 11.5 Å². The lowest BCUT2D eigenvalue weighted by Crippen LogP contribution is -1.83. The van der Waals surface area contributed by atoms with Crippen molar-refractivity contribution in [2.24, 2.45) is 0 Å². The molecule has 0 atom stereocenters. The summed E-state index contributed by atoms with van der Waals surface area (Å²) in [5.74, 6) is -0.178. The van der Waals surface area contributed by atoms with Crippen LogP contribution in [0.25, 0.3) is 43.1 Å². The Bertz CT molecular complexity index is 1270. The molecule has 0 aliphatic rings. The Balaban J connectivity index is 1.99. The molecular formula is C22H14O2. The van der Waals surface area contributed by atoms with Crippen molar-refractivity contribution in [1.29, 1.82) is 0 Å².